The molecule has 12 nitrogen and oxygen atoms in total. The number of fused-ring (bicyclic) bond motifs is 3. The minimum atomic E-state index is -2.00. The third-order valence-corrected chi connectivity index (χ3v) is 10.9. The lowest BCUT2D eigenvalue weighted by molar-refractivity contribution is -0.180. The van der Waals surface area contributed by atoms with Gasteiger partial charge in [-0.1, -0.05) is 91.5 Å². The Hall–Kier alpha value is -5.09. The molecule has 0 radical (unpaired) electrons. The summed E-state index contributed by atoms with van der Waals surface area (Å²) in [5.74, 6) is -3.65. The summed E-state index contributed by atoms with van der Waals surface area (Å²) in [5.41, 5.74) is 0.380. The highest BCUT2D eigenvalue weighted by Gasteiger charge is 2.76. The van der Waals surface area contributed by atoms with Crippen molar-refractivity contribution in [1.29, 1.82) is 0 Å². The third kappa shape index (κ3) is 6.58. The van der Waals surface area contributed by atoms with Crippen LogP contribution in [-0.4, -0.2) is 80.1 Å². The smallest absolute Gasteiger partial charge is 0.421 e. The number of rotatable bonds is 12. The van der Waals surface area contributed by atoms with Crippen LogP contribution in [0.5, 0.6) is 5.75 Å². The summed E-state index contributed by atoms with van der Waals surface area (Å²) in [6.45, 7) is 3.05. The number of benzene rings is 4. The van der Waals surface area contributed by atoms with Crippen molar-refractivity contribution < 1.29 is 48.0 Å². The van der Waals surface area contributed by atoms with Crippen LogP contribution in [0.2, 0.25) is 0 Å². The molecule has 4 aromatic carbocycles. The van der Waals surface area contributed by atoms with Gasteiger partial charge in [0.25, 0.3) is 0 Å². The molecule has 7 rings (SSSR count). The van der Waals surface area contributed by atoms with Crippen molar-refractivity contribution in [3.63, 3.8) is 0 Å². The molecule has 2 saturated heterocycles. The second-order valence-corrected chi connectivity index (χ2v) is 14.4. The molecule has 6 unspecified atom stereocenters. The van der Waals surface area contributed by atoms with Crippen molar-refractivity contribution in [2.24, 2.45) is 5.92 Å². The predicted molar refractivity (Wildman–Crippen MR) is 208 cm³/mol. The minimum absolute atomic E-state index is 0.0779. The van der Waals surface area contributed by atoms with E-state index in [0.29, 0.717) is 26.0 Å². The van der Waals surface area contributed by atoms with Gasteiger partial charge in [0, 0.05) is 16.2 Å². The van der Waals surface area contributed by atoms with Crippen molar-refractivity contribution in [1.82, 2.24) is 4.90 Å². The molecule has 1 N–H and O–H groups in total. The summed E-state index contributed by atoms with van der Waals surface area (Å²) in [4.78, 5) is 62.4. The Morgan fingerprint density at radius 1 is 0.891 bits per heavy atom. The molecule has 0 saturated carbocycles. The zero-order valence-electron chi connectivity index (χ0n) is 29.9. The highest BCUT2D eigenvalue weighted by Crippen LogP contribution is 2.66. The maximum Gasteiger partial charge on any atom is 0.421 e. The van der Waals surface area contributed by atoms with E-state index in [4.69, 9.17) is 23.7 Å². The van der Waals surface area contributed by atoms with Gasteiger partial charge in [0.1, 0.15) is 49.0 Å². The molecular weight excluding hydrogens is 819 g/mol. The van der Waals surface area contributed by atoms with E-state index in [-0.39, 0.29) is 38.7 Å². The van der Waals surface area contributed by atoms with Gasteiger partial charge in [-0.25, -0.2) is 9.69 Å². The van der Waals surface area contributed by atoms with Crippen LogP contribution in [0.3, 0.4) is 0 Å². The number of nitrogens with zero attached hydrogens (tertiary/aromatic N) is 2. The van der Waals surface area contributed by atoms with Gasteiger partial charge in [0.05, 0.1) is 31.0 Å². The van der Waals surface area contributed by atoms with E-state index in [2.05, 4.69) is 29.2 Å². The maximum absolute atomic E-state index is 15.8. The maximum atomic E-state index is 15.8. The molecular formula is C42H39IN2O10. The number of ether oxygens (including phenoxy) is 5. The molecule has 6 atom stereocenters. The SMILES string of the molecule is C=CCOC(=O)C1C2C(=O)OC(c3ccccc3)C(c3ccccc3)N2C(c2ccccc2OCCO)C12C(=O)N(C(=O)OCCOC)c1ccc(I)cc12. The Kier molecular flexibility index (Phi) is 11.3. The molecule has 3 aliphatic rings. The van der Waals surface area contributed by atoms with Gasteiger partial charge in [-0.15, -0.1) is 0 Å². The topological polar surface area (TPSA) is 141 Å². The number of aliphatic hydroxyl groups excluding tert-OH is 1. The number of cyclic esters (lactones) is 1. The van der Waals surface area contributed by atoms with Crippen LogP contribution < -0.4 is 9.64 Å². The first kappa shape index (κ1) is 38.2. The first-order valence-corrected chi connectivity index (χ1v) is 18.9. The predicted octanol–water partition coefficient (Wildman–Crippen LogP) is 5.84. The quantitative estimate of drug-likeness (QED) is 0.0605. The van der Waals surface area contributed by atoms with Crippen molar-refractivity contribution in [2.75, 3.05) is 45.0 Å². The number of morpholine rings is 1. The summed E-state index contributed by atoms with van der Waals surface area (Å²) >= 11 is 2.12. The van der Waals surface area contributed by atoms with E-state index < -0.39 is 59.5 Å². The first-order valence-electron chi connectivity index (χ1n) is 17.8. The molecule has 0 bridgehead atoms. The van der Waals surface area contributed by atoms with Crippen molar-refractivity contribution in [2.45, 2.75) is 29.6 Å². The zero-order valence-corrected chi connectivity index (χ0v) is 32.1. The molecule has 13 heteroatoms. The monoisotopic (exact) mass is 858 g/mol. The number of imide groups is 1. The number of anilines is 1. The summed E-state index contributed by atoms with van der Waals surface area (Å²) in [6, 6.07) is 27.5. The average Bonchev–Trinajstić information content (AvgIpc) is 3.66. The Morgan fingerprint density at radius 3 is 2.27 bits per heavy atom. The second kappa shape index (κ2) is 16.3. The normalized spacial score (nSPS) is 24.2. The van der Waals surface area contributed by atoms with E-state index in [1.165, 1.54) is 13.2 Å². The molecule has 284 valence electrons. The van der Waals surface area contributed by atoms with Crippen molar-refractivity contribution >= 4 is 52.2 Å². The number of para-hydroxylation sites is 1. The van der Waals surface area contributed by atoms with Gasteiger partial charge < -0.3 is 28.8 Å². The van der Waals surface area contributed by atoms with Crippen LogP contribution in [0.1, 0.15) is 40.4 Å². The number of carbonyl (C=O) groups is 4. The molecule has 3 aliphatic heterocycles. The fourth-order valence-electron chi connectivity index (χ4n) is 8.30. The average molecular weight is 859 g/mol. The molecule has 0 aliphatic carbocycles. The van der Waals surface area contributed by atoms with E-state index in [9.17, 15) is 19.5 Å². The lowest BCUT2D eigenvalue weighted by Gasteiger charge is -2.46. The Balaban J connectivity index is 1.59. The minimum Gasteiger partial charge on any atom is -0.491 e. The number of methoxy groups -OCH3 is 1. The van der Waals surface area contributed by atoms with Gasteiger partial charge in [-0.3, -0.25) is 19.3 Å². The van der Waals surface area contributed by atoms with Crippen LogP contribution in [0.15, 0.2) is 116 Å². The van der Waals surface area contributed by atoms with Gasteiger partial charge in [-0.05, 0) is 63.5 Å². The van der Waals surface area contributed by atoms with Crippen LogP contribution >= 0.6 is 22.6 Å². The van der Waals surface area contributed by atoms with E-state index in [1.54, 1.807) is 42.5 Å². The number of aliphatic hydroxyl groups is 1. The zero-order chi connectivity index (χ0) is 38.7. The first-order chi connectivity index (χ1) is 26.8. The van der Waals surface area contributed by atoms with Gasteiger partial charge >= 0.3 is 18.0 Å². The van der Waals surface area contributed by atoms with Gasteiger partial charge in [-0.2, -0.15) is 0 Å². The molecule has 0 aromatic heterocycles. The Morgan fingerprint density at radius 2 is 1.58 bits per heavy atom. The number of hydrogen-bond donors (Lipinski definition) is 1. The molecule has 2 fully saturated rings. The third-order valence-electron chi connectivity index (χ3n) is 10.3. The van der Waals surface area contributed by atoms with Crippen LogP contribution in [0.25, 0.3) is 0 Å². The summed E-state index contributed by atoms with van der Waals surface area (Å²) in [6.07, 6.45) is -0.475. The Labute approximate surface area is 331 Å². The summed E-state index contributed by atoms with van der Waals surface area (Å²) in [7, 11) is 1.46. The molecule has 1 spiro atoms. The van der Waals surface area contributed by atoms with Crippen LogP contribution in [-0.2, 0) is 38.7 Å². The number of carbonyl (C=O) groups excluding carboxylic acids is 4. The summed E-state index contributed by atoms with van der Waals surface area (Å²) in [5, 5.41) is 9.86. The highest BCUT2D eigenvalue weighted by molar-refractivity contribution is 14.1. The lowest BCUT2D eigenvalue weighted by Crippen LogP contribution is -2.53. The van der Waals surface area contributed by atoms with Gasteiger partial charge in [0.2, 0.25) is 5.91 Å². The molecule has 3 heterocycles. The number of esters is 2. The fraction of sp³-hybridized carbons (Fsp3) is 0.286. The molecule has 4 aromatic rings. The van der Waals surface area contributed by atoms with Gasteiger partial charge in [0.15, 0.2) is 0 Å². The fourth-order valence-corrected chi connectivity index (χ4v) is 8.79. The van der Waals surface area contributed by atoms with Crippen molar-refractivity contribution in [3.05, 3.63) is 142 Å². The number of hydrogen-bond acceptors (Lipinski definition) is 11. The number of amides is 2. The lowest BCUT2D eigenvalue weighted by atomic mass is 9.65. The summed E-state index contributed by atoms with van der Waals surface area (Å²) < 4.78 is 29.7. The van der Waals surface area contributed by atoms with E-state index >= 15 is 4.79 Å². The van der Waals surface area contributed by atoms with E-state index in [0.717, 1.165) is 10.5 Å². The second-order valence-electron chi connectivity index (χ2n) is 13.2. The van der Waals surface area contributed by atoms with Crippen molar-refractivity contribution in [3.8, 4) is 5.75 Å². The van der Waals surface area contributed by atoms with Crippen LogP contribution in [0, 0.1) is 9.49 Å². The molecule has 2 amide bonds. The Bertz CT molecular complexity index is 2080. The standard InChI is InChI=1S/C42H39IN2O10/c1-3-21-53-38(47)33-35-39(48)55-36(27-14-8-5-9-15-27)34(26-12-6-4-7-13-26)45(35)37(29-16-10-11-17-32(29)52-22-20-46)42(33)30-25-28(43)18-19-31(30)44(40(42)49)41(50)54-24-23-51-2/h3-19,25,33-37,46H,1,20-24H2,2H3. The largest absolute Gasteiger partial charge is 0.491 e. The highest BCUT2D eigenvalue weighted by atomic mass is 127. The van der Waals surface area contributed by atoms with Crippen LogP contribution in [0.4, 0.5) is 10.5 Å². The molecule has 55 heavy (non-hydrogen) atoms. The number of halogens is 1. The van der Waals surface area contributed by atoms with E-state index in [1.807, 2.05) is 65.6 Å².